The van der Waals surface area contributed by atoms with Gasteiger partial charge in [-0.05, 0) is 6.92 Å². The normalized spacial score (nSPS) is 10.4. The molecule has 0 N–H and O–H groups in total. The van der Waals surface area contributed by atoms with E-state index in [-0.39, 0.29) is 5.92 Å². The van der Waals surface area contributed by atoms with Gasteiger partial charge in [0.1, 0.15) is 5.82 Å². The van der Waals surface area contributed by atoms with Crippen molar-refractivity contribution < 1.29 is 9.53 Å². The van der Waals surface area contributed by atoms with E-state index in [2.05, 4.69) is 14.7 Å². The lowest BCUT2D eigenvalue weighted by molar-refractivity contribution is 0.0598. The van der Waals surface area contributed by atoms with E-state index >= 15 is 0 Å². The van der Waals surface area contributed by atoms with Gasteiger partial charge in [-0.3, -0.25) is 0 Å². The summed E-state index contributed by atoms with van der Waals surface area (Å²) in [4.78, 5) is 19.5. The van der Waals surface area contributed by atoms with E-state index in [4.69, 9.17) is 0 Å². The SMILES string of the molecule is COC(=O)c1cnc(C(C)C)nc1C. The summed E-state index contributed by atoms with van der Waals surface area (Å²) in [5.41, 5.74) is 1.09. The Morgan fingerprint density at radius 2 is 2.14 bits per heavy atom. The van der Waals surface area contributed by atoms with Crippen LogP contribution in [-0.2, 0) is 4.74 Å². The van der Waals surface area contributed by atoms with Gasteiger partial charge in [0.15, 0.2) is 0 Å². The minimum Gasteiger partial charge on any atom is -0.465 e. The molecule has 0 spiro atoms. The molecule has 4 heteroatoms. The van der Waals surface area contributed by atoms with Gasteiger partial charge in [-0.2, -0.15) is 0 Å². The number of esters is 1. The highest BCUT2D eigenvalue weighted by Crippen LogP contribution is 2.11. The molecule has 1 heterocycles. The minimum absolute atomic E-state index is 0.264. The molecule has 0 unspecified atom stereocenters. The predicted molar refractivity (Wildman–Crippen MR) is 52.2 cm³/mol. The van der Waals surface area contributed by atoms with Crippen LogP contribution < -0.4 is 0 Å². The average molecular weight is 194 g/mol. The largest absolute Gasteiger partial charge is 0.465 e. The zero-order chi connectivity index (χ0) is 10.7. The maximum Gasteiger partial charge on any atom is 0.341 e. The third-order valence-electron chi connectivity index (χ3n) is 1.92. The first-order valence-corrected chi connectivity index (χ1v) is 4.48. The molecule has 0 amide bonds. The molecule has 0 saturated heterocycles. The number of nitrogens with zero attached hydrogens (tertiary/aromatic N) is 2. The summed E-state index contributed by atoms with van der Waals surface area (Å²) in [5.74, 6) is 0.619. The van der Waals surface area contributed by atoms with E-state index in [9.17, 15) is 4.79 Å². The fraction of sp³-hybridized carbons (Fsp3) is 0.500. The third kappa shape index (κ3) is 2.07. The molecule has 0 saturated carbocycles. The molecule has 1 rings (SSSR count). The summed E-state index contributed by atoms with van der Waals surface area (Å²) in [6.45, 7) is 5.79. The standard InChI is InChI=1S/C10H14N2O2/c1-6(2)9-11-5-8(7(3)12-9)10(13)14-4/h5-6H,1-4H3. The van der Waals surface area contributed by atoms with Gasteiger partial charge in [-0.15, -0.1) is 0 Å². The van der Waals surface area contributed by atoms with E-state index in [1.165, 1.54) is 13.3 Å². The monoisotopic (exact) mass is 194 g/mol. The van der Waals surface area contributed by atoms with Crippen molar-refractivity contribution in [3.8, 4) is 0 Å². The van der Waals surface area contributed by atoms with Crippen molar-refractivity contribution in [2.75, 3.05) is 7.11 Å². The molecular formula is C10H14N2O2. The number of carbonyl (C=O) groups excluding carboxylic acids is 1. The number of carbonyl (C=O) groups is 1. The summed E-state index contributed by atoms with van der Waals surface area (Å²) in [6, 6.07) is 0. The molecule has 0 aliphatic carbocycles. The Bertz CT molecular complexity index is 348. The Kier molecular flexibility index (Phi) is 3.17. The number of hydrogen-bond acceptors (Lipinski definition) is 4. The van der Waals surface area contributed by atoms with Gasteiger partial charge in [0.2, 0.25) is 0 Å². The van der Waals surface area contributed by atoms with Crippen molar-refractivity contribution >= 4 is 5.97 Å². The second-order valence-electron chi connectivity index (χ2n) is 3.37. The summed E-state index contributed by atoms with van der Waals surface area (Å²) in [5, 5.41) is 0. The van der Waals surface area contributed by atoms with Crippen LogP contribution in [0.25, 0.3) is 0 Å². The number of methoxy groups -OCH3 is 1. The summed E-state index contributed by atoms with van der Waals surface area (Å²) < 4.78 is 4.60. The average Bonchev–Trinajstić information content (AvgIpc) is 2.16. The molecule has 0 radical (unpaired) electrons. The highest BCUT2D eigenvalue weighted by molar-refractivity contribution is 5.89. The van der Waals surface area contributed by atoms with Gasteiger partial charge in [0.05, 0.1) is 18.4 Å². The molecular weight excluding hydrogens is 180 g/mol. The number of ether oxygens (including phenoxy) is 1. The Hall–Kier alpha value is -1.45. The molecule has 0 aromatic carbocycles. The number of aromatic nitrogens is 2. The fourth-order valence-electron chi connectivity index (χ4n) is 1.07. The summed E-state index contributed by atoms with van der Waals surface area (Å²) in [6.07, 6.45) is 1.52. The molecule has 0 atom stereocenters. The molecule has 1 aromatic rings. The van der Waals surface area contributed by atoms with Crippen molar-refractivity contribution in [3.05, 3.63) is 23.3 Å². The lowest BCUT2D eigenvalue weighted by Gasteiger charge is -2.06. The first-order chi connectivity index (χ1) is 6.56. The molecule has 1 aromatic heterocycles. The van der Waals surface area contributed by atoms with Crippen molar-refractivity contribution in [1.29, 1.82) is 0 Å². The van der Waals surface area contributed by atoms with Gasteiger partial charge in [0, 0.05) is 12.1 Å². The van der Waals surface area contributed by atoms with Crippen LogP contribution in [0.3, 0.4) is 0 Å². The van der Waals surface area contributed by atoms with E-state index < -0.39 is 5.97 Å². The number of aryl methyl sites for hydroxylation is 1. The van der Waals surface area contributed by atoms with Gasteiger partial charge in [0.25, 0.3) is 0 Å². The van der Waals surface area contributed by atoms with Crippen LogP contribution in [0.5, 0.6) is 0 Å². The van der Waals surface area contributed by atoms with Gasteiger partial charge in [-0.1, -0.05) is 13.8 Å². The maximum atomic E-state index is 11.2. The fourth-order valence-corrected chi connectivity index (χ4v) is 1.07. The Balaban J connectivity index is 3.07. The second-order valence-corrected chi connectivity index (χ2v) is 3.37. The van der Waals surface area contributed by atoms with Crippen LogP contribution in [0.2, 0.25) is 0 Å². The van der Waals surface area contributed by atoms with Crippen molar-refractivity contribution in [2.45, 2.75) is 26.7 Å². The van der Waals surface area contributed by atoms with Crippen LogP contribution >= 0.6 is 0 Å². The molecule has 14 heavy (non-hydrogen) atoms. The van der Waals surface area contributed by atoms with Crippen molar-refractivity contribution in [3.63, 3.8) is 0 Å². The van der Waals surface area contributed by atoms with E-state index in [0.717, 1.165) is 5.82 Å². The van der Waals surface area contributed by atoms with Crippen molar-refractivity contribution in [1.82, 2.24) is 9.97 Å². The molecule has 0 fully saturated rings. The lowest BCUT2D eigenvalue weighted by atomic mass is 10.2. The zero-order valence-electron chi connectivity index (χ0n) is 8.87. The maximum absolute atomic E-state index is 11.2. The topological polar surface area (TPSA) is 52.1 Å². The zero-order valence-corrected chi connectivity index (χ0v) is 8.87. The van der Waals surface area contributed by atoms with Crippen LogP contribution in [0.15, 0.2) is 6.20 Å². The Morgan fingerprint density at radius 1 is 1.50 bits per heavy atom. The van der Waals surface area contributed by atoms with Crippen LogP contribution in [0.4, 0.5) is 0 Å². The van der Waals surface area contributed by atoms with Crippen LogP contribution in [0.1, 0.15) is 41.6 Å². The Morgan fingerprint density at radius 3 is 2.57 bits per heavy atom. The number of hydrogen-bond donors (Lipinski definition) is 0. The third-order valence-corrected chi connectivity index (χ3v) is 1.92. The first kappa shape index (κ1) is 10.6. The predicted octanol–water partition coefficient (Wildman–Crippen LogP) is 1.70. The van der Waals surface area contributed by atoms with Crippen LogP contribution in [0, 0.1) is 6.92 Å². The van der Waals surface area contributed by atoms with E-state index in [1.807, 2.05) is 13.8 Å². The molecule has 0 aliphatic rings. The van der Waals surface area contributed by atoms with Gasteiger partial charge in [-0.25, -0.2) is 14.8 Å². The number of rotatable bonds is 2. The quantitative estimate of drug-likeness (QED) is 0.672. The van der Waals surface area contributed by atoms with Crippen molar-refractivity contribution in [2.24, 2.45) is 0 Å². The van der Waals surface area contributed by atoms with E-state index in [0.29, 0.717) is 11.3 Å². The highest BCUT2D eigenvalue weighted by Gasteiger charge is 2.12. The Labute approximate surface area is 83.3 Å². The first-order valence-electron chi connectivity index (χ1n) is 4.48. The molecule has 76 valence electrons. The summed E-state index contributed by atoms with van der Waals surface area (Å²) in [7, 11) is 1.35. The van der Waals surface area contributed by atoms with Gasteiger partial charge >= 0.3 is 5.97 Å². The molecule has 4 nitrogen and oxygen atoms in total. The minimum atomic E-state index is -0.391. The second kappa shape index (κ2) is 4.17. The highest BCUT2D eigenvalue weighted by atomic mass is 16.5. The van der Waals surface area contributed by atoms with E-state index in [1.54, 1.807) is 6.92 Å². The van der Waals surface area contributed by atoms with Crippen LogP contribution in [-0.4, -0.2) is 23.0 Å². The molecule has 0 aliphatic heterocycles. The smallest absolute Gasteiger partial charge is 0.341 e. The summed E-state index contributed by atoms with van der Waals surface area (Å²) >= 11 is 0. The molecule has 0 bridgehead atoms. The lowest BCUT2D eigenvalue weighted by Crippen LogP contribution is -2.09. The van der Waals surface area contributed by atoms with Gasteiger partial charge < -0.3 is 4.74 Å².